The van der Waals surface area contributed by atoms with Crippen molar-refractivity contribution in [2.45, 2.75) is 44.9 Å². The van der Waals surface area contributed by atoms with Crippen LogP contribution in [0.4, 0.5) is 0 Å². The summed E-state index contributed by atoms with van der Waals surface area (Å²) in [6.07, 6.45) is 8.05. The molecule has 0 radical (unpaired) electrons. The van der Waals surface area contributed by atoms with Gasteiger partial charge in [-0.05, 0) is 50.6 Å². The first-order chi connectivity index (χ1) is 11.2. The number of nitrogens with zero attached hydrogens (tertiary/aromatic N) is 3. The standard InChI is InChI=1S/C18H26N4O/c1-15(12-22-10-7-19-14-22)20-17-5-8-21(9-6-17)13-16-3-2-4-18(23)11-16/h2-4,7,10-11,14-15,17,20,23H,5-6,8-9,12-13H2,1H3/t15-/m0/s1. The predicted molar refractivity (Wildman–Crippen MR) is 91.2 cm³/mol. The van der Waals surface area contributed by atoms with E-state index in [9.17, 15) is 5.11 Å². The zero-order valence-electron chi connectivity index (χ0n) is 13.7. The van der Waals surface area contributed by atoms with Crippen LogP contribution in [-0.4, -0.2) is 44.7 Å². The Hall–Kier alpha value is -1.85. The van der Waals surface area contributed by atoms with Gasteiger partial charge in [0.25, 0.3) is 0 Å². The molecule has 1 aromatic carbocycles. The number of likely N-dealkylation sites (tertiary alicyclic amines) is 1. The van der Waals surface area contributed by atoms with Gasteiger partial charge in [0.2, 0.25) is 0 Å². The van der Waals surface area contributed by atoms with E-state index >= 15 is 0 Å². The van der Waals surface area contributed by atoms with Gasteiger partial charge in [0.1, 0.15) is 5.75 Å². The number of imidazole rings is 1. The Morgan fingerprint density at radius 1 is 1.35 bits per heavy atom. The lowest BCUT2D eigenvalue weighted by Gasteiger charge is -2.34. The van der Waals surface area contributed by atoms with Crippen molar-refractivity contribution in [1.29, 1.82) is 0 Å². The molecule has 0 spiro atoms. The average molecular weight is 314 g/mol. The Kier molecular flexibility index (Phi) is 5.31. The minimum Gasteiger partial charge on any atom is -0.508 e. The number of hydrogen-bond acceptors (Lipinski definition) is 4. The first kappa shape index (κ1) is 16.0. The van der Waals surface area contributed by atoms with Crippen LogP contribution in [0.25, 0.3) is 0 Å². The summed E-state index contributed by atoms with van der Waals surface area (Å²) in [4.78, 5) is 6.55. The van der Waals surface area contributed by atoms with Gasteiger partial charge >= 0.3 is 0 Å². The third-order valence-corrected chi connectivity index (χ3v) is 4.47. The molecule has 3 rings (SSSR count). The number of nitrogens with one attached hydrogen (secondary N) is 1. The van der Waals surface area contributed by atoms with Crippen molar-refractivity contribution in [2.75, 3.05) is 13.1 Å². The van der Waals surface area contributed by atoms with Gasteiger partial charge in [-0.2, -0.15) is 0 Å². The molecule has 1 fully saturated rings. The molecule has 0 saturated carbocycles. The number of aromatic nitrogens is 2. The number of phenolic OH excluding ortho intramolecular Hbond substituents is 1. The Balaban J connectivity index is 1.41. The molecule has 0 unspecified atom stereocenters. The molecule has 1 aliphatic rings. The largest absolute Gasteiger partial charge is 0.508 e. The summed E-state index contributed by atoms with van der Waals surface area (Å²) in [6, 6.07) is 8.62. The predicted octanol–water partition coefficient (Wildman–Crippen LogP) is 2.23. The maximum Gasteiger partial charge on any atom is 0.115 e. The fourth-order valence-corrected chi connectivity index (χ4v) is 3.34. The molecule has 1 aliphatic heterocycles. The Bertz CT molecular complexity index is 591. The number of benzene rings is 1. The van der Waals surface area contributed by atoms with Crippen LogP contribution < -0.4 is 5.32 Å². The number of piperidine rings is 1. The van der Waals surface area contributed by atoms with E-state index in [1.807, 2.05) is 30.9 Å². The summed E-state index contributed by atoms with van der Waals surface area (Å²) in [5.74, 6) is 0.354. The second-order valence-corrected chi connectivity index (χ2v) is 6.55. The van der Waals surface area contributed by atoms with Gasteiger partial charge in [0.05, 0.1) is 6.33 Å². The minimum atomic E-state index is 0.354. The van der Waals surface area contributed by atoms with Crippen molar-refractivity contribution in [2.24, 2.45) is 0 Å². The van der Waals surface area contributed by atoms with E-state index < -0.39 is 0 Å². The molecule has 1 saturated heterocycles. The Morgan fingerprint density at radius 3 is 2.87 bits per heavy atom. The van der Waals surface area contributed by atoms with Gasteiger partial charge in [0.15, 0.2) is 0 Å². The monoisotopic (exact) mass is 314 g/mol. The lowest BCUT2D eigenvalue weighted by atomic mass is 10.0. The van der Waals surface area contributed by atoms with E-state index in [4.69, 9.17) is 0 Å². The van der Waals surface area contributed by atoms with Gasteiger partial charge in [-0.15, -0.1) is 0 Å². The zero-order valence-corrected chi connectivity index (χ0v) is 13.7. The summed E-state index contributed by atoms with van der Waals surface area (Å²) in [5, 5.41) is 13.3. The van der Waals surface area contributed by atoms with Crippen molar-refractivity contribution in [3.05, 3.63) is 48.5 Å². The van der Waals surface area contributed by atoms with Crippen LogP contribution in [0.1, 0.15) is 25.3 Å². The highest BCUT2D eigenvalue weighted by molar-refractivity contribution is 5.27. The van der Waals surface area contributed by atoms with Gasteiger partial charge < -0.3 is 15.0 Å². The van der Waals surface area contributed by atoms with Crippen molar-refractivity contribution >= 4 is 0 Å². The molecule has 0 bridgehead atoms. The second kappa shape index (κ2) is 7.62. The van der Waals surface area contributed by atoms with Crippen LogP contribution in [0, 0.1) is 0 Å². The third kappa shape index (κ3) is 4.81. The number of aromatic hydroxyl groups is 1. The maximum atomic E-state index is 9.55. The molecule has 5 nitrogen and oxygen atoms in total. The summed E-state index contributed by atoms with van der Waals surface area (Å²) in [5.41, 5.74) is 1.19. The summed E-state index contributed by atoms with van der Waals surface area (Å²) in [6.45, 7) is 6.32. The highest BCUT2D eigenvalue weighted by Gasteiger charge is 2.20. The molecule has 124 valence electrons. The van der Waals surface area contributed by atoms with Crippen LogP contribution >= 0.6 is 0 Å². The van der Waals surface area contributed by atoms with Crippen LogP contribution in [0.3, 0.4) is 0 Å². The van der Waals surface area contributed by atoms with Crippen LogP contribution in [0.5, 0.6) is 5.75 Å². The van der Waals surface area contributed by atoms with Crippen molar-refractivity contribution in [1.82, 2.24) is 19.8 Å². The van der Waals surface area contributed by atoms with E-state index in [1.165, 1.54) is 18.4 Å². The van der Waals surface area contributed by atoms with Gasteiger partial charge in [-0.3, -0.25) is 4.90 Å². The van der Waals surface area contributed by atoms with Crippen molar-refractivity contribution < 1.29 is 5.11 Å². The molecule has 1 aromatic heterocycles. The smallest absolute Gasteiger partial charge is 0.115 e. The molecule has 0 aliphatic carbocycles. The highest BCUT2D eigenvalue weighted by atomic mass is 16.3. The molecule has 2 aromatic rings. The van der Waals surface area contributed by atoms with E-state index in [0.717, 1.165) is 26.2 Å². The van der Waals surface area contributed by atoms with Crippen LogP contribution in [0.2, 0.25) is 0 Å². The quantitative estimate of drug-likeness (QED) is 0.858. The number of phenols is 1. The molecule has 1 atom stereocenters. The summed E-state index contributed by atoms with van der Waals surface area (Å²) in [7, 11) is 0. The van der Waals surface area contributed by atoms with Crippen molar-refractivity contribution in [3.63, 3.8) is 0 Å². The summed E-state index contributed by atoms with van der Waals surface area (Å²) >= 11 is 0. The summed E-state index contributed by atoms with van der Waals surface area (Å²) < 4.78 is 2.12. The second-order valence-electron chi connectivity index (χ2n) is 6.55. The van der Waals surface area contributed by atoms with E-state index in [0.29, 0.717) is 17.8 Å². The third-order valence-electron chi connectivity index (χ3n) is 4.47. The normalized spacial score (nSPS) is 18.1. The molecule has 23 heavy (non-hydrogen) atoms. The lowest BCUT2D eigenvalue weighted by Crippen LogP contribution is -2.46. The van der Waals surface area contributed by atoms with Crippen molar-refractivity contribution in [3.8, 4) is 5.75 Å². The van der Waals surface area contributed by atoms with Gasteiger partial charge in [-0.1, -0.05) is 12.1 Å². The van der Waals surface area contributed by atoms with E-state index in [2.05, 4.69) is 32.8 Å². The molecule has 5 heteroatoms. The minimum absolute atomic E-state index is 0.354. The molecule has 0 amide bonds. The molecule has 2 heterocycles. The molecule has 2 N–H and O–H groups in total. The Labute approximate surface area is 138 Å². The molecular weight excluding hydrogens is 288 g/mol. The van der Waals surface area contributed by atoms with Crippen LogP contribution in [0.15, 0.2) is 43.0 Å². The first-order valence-corrected chi connectivity index (χ1v) is 8.41. The van der Waals surface area contributed by atoms with Gasteiger partial charge in [0, 0.05) is 37.6 Å². The van der Waals surface area contributed by atoms with E-state index in [1.54, 1.807) is 6.07 Å². The topological polar surface area (TPSA) is 53.3 Å². The first-order valence-electron chi connectivity index (χ1n) is 8.41. The van der Waals surface area contributed by atoms with Crippen LogP contribution in [-0.2, 0) is 13.1 Å². The SMILES string of the molecule is C[C@@H](Cn1ccnc1)NC1CCN(Cc2cccc(O)c2)CC1. The average Bonchev–Trinajstić information content (AvgIpc) is 3.02. The zero-order chi connectivity index (χ0) is 16.1. The van der Waals surface area contributed by atoms with E-state index in [-0.39, 0.29) is 0 Å². The van der Waals surface area contributed by atoms with Gasteiger partial charge in [-0.25, -0.2) is 4.98 Å². The number of rotatable bonds is 6. The fraction of sp³-hybridized carbons (Fsp3) is 0.500. The Morgan fingerprint density at radius 2 is 2.17 bits per heavy atom. The number of hydrogen-bond donors (Lipinski definition) is 2. The molecular formula is C18H26N4O. The maximum absolute atomic E-state index is 9.55. The highest BCUT2D eigenvalue weighted by Crippen LogP contribution is 2.17. The fourth-order valence-electron chi connectivity index (χ4n) is 3.34. The lowest BCUT2D eigenvalue weighted by molar-refractivity contribution is 0.183.